The van der Waals surface area contributed by atoms with Crippen molar-refractivity contribution >= 4 is 17.4 Å². The zero-order chi connectivity index (χ0) is 29.2. The SMILES string of the molecule is CC(C)(C)OC(=O)N1CCC2(CC1)CCN(c1ccc(C3=CCOc4cc(OCc5ccccc5)ccc43)cc1)CC2. The van der Waals surface area contributed by atoms with E-state index in [4.69, 9.17) is 14.2 Å². The molecule has 6 nitrogen and oxygen atoms in total. The van der Waals surface area contributed by atoms with Gasteiger partial charge in [-0.05, 0) is 98.9 Å². The molecular formula is C36H42N2O4. The maximum atomic E-state index is 12.5. The van der Waals surface area contributed by atoms with Crippen molar-refractivity contribution in [2.75, 3.05) is 37.7 Å². The number of rotatable bonds is 5. The molecule has 0 aromatic heterocycles. The second-order valence-electron chi connectivity index (χ2n) is 12.9. The van der Waals surface area contributed by atoms with Gasteiger partial charge >= 0.3 is 6.09 Å². The molecule has 3 heterocycles. The molecule has 2 fully saturated rings. The summed E-state index contributed by atoms with van der Waals surface area (Å²) in [5.74, 6) is 1.67. The third-order valence-electron chi connectivity index (χ3n) is 8.86. The van der Waals surface area contributed by atoms with Crippen molar-refractivity contribution in [1.82, 2.24) is 4.90 Å². The van der Waals surface area contributed by atoms with Crippen molar-refractivity contribution in [3.05, 3.63) is 95.6 Å². The summed E-state index contributed by atoms with van der Waals surface area (Å²) in [6, 6.07) is 25.3. The number of amides is 1. The van der Waals surface area contributed by atoms with E-state index in [-0.39, 0.29) is 6.09 Å². The molecule has 6 rings (SSSR count). The first kappa shape index (κ1) is 28.2. The highest BCUT2D eigenvalue weighted by Crippen LogP contribution is 2.43. The molecule has 42 heavy (non-hydrogen) atoms. The van der Waals surface area contributed by atoms with Crippen molar-refractivity contribution in [2.24, 2.45) is 5.41 Å². The normalized spacial score (nSPS) is 18.1. The van der Waals surface area contributed by atoms with Gasteiger partial charge in [-0.3, -0.25) is 0 Å². The fraction of sp³-hybridized carbons (Fsp3) is 0.417. The van der Waals surface area contributed by atoms with Crippen molar-refractivity contribution in [3.8, 4) is 11.5 Å². The summed E-state index contributed by atoms with van der Waals surface area (Å²) >= 11 is 0. The van der Waals surface area contributed by atoms with E-state index in [1.807, 2.05) is 56.0 Å². The zero-order valence-electron chi connectivity index (χ0n) is 25.1. The third kappa shape index (κ3) is 6.43. The lowest BCUT2D eigenvalue weighted by molar-refractivity contribution is 0.00666. The molecule has 0 radical (unpaired) electrons. The van der Waals surface area contributed by atoms with E-state index in [2.05, 4.69) is 53.4 Å². The lowest BCUT2D eigenvalue weighted by atomic mass is 9.71. The average molecular weight is 567 g/mol. The molecule has 3 aliphatic heterocycles. The van der Waals surface area contributed by atoms with Gasteiger partial charge in [-0.2, -0.15) is 0 Å². The van der Waals surface area contributed by atoms with Crippen LogP contribution in [0.15, 0.2) is 78.9 Å². The minimum atomic E-state index is -0.446. The van der Waals surface area contributed by atoms with Crippen LogP contribution in [0.5, 0.6) is 11.5 Å². The molecule has 3 aromatic carbocycles. The number of ether oxygens (including phenoxy) is 3. The first-order valence-corrected chi connectivity index (χ1v) is 15.2. The molecule has 3 aliphatic rings. The fourth-order valence-corrected chi connectivity index (χ4v) is 6.35. The van der Waals surface area contributed by atoms with Gasteiger partial charge in [-0.1, -0.05) is 42.5 Å². The topological polar surface area (TPSA) is 51.2 Å². The van der Waals surface area contributed by atoms with Crippen LogP contribution in [-0.2, 0) is 11.3 Å². The number of carbonyl (C=O) groups is 1. The molecule has 0 saturated carbocycles. The molecule has 0 aliphatic carbocycles. The number of carbonyl (C=O) groups excluding carboxylic acids is 1. The first-order valence-electron chi connectivity index (χ1n) is 15.2. The van der Waals surface area contributed by atoms with Gasteiger partial charge in [-0.15, -0.1) is 0 Å². The van der Waals surface area contributed by atoms with Crippen LogP contribution < -0.4 is 14.4 Å². The van der Waals surface area contributed by atoms with Gasteiger partial charge in [0.2, 0.25) is 0 Å². The highest BCUT2D eigenvalue weighted by molar-refractivity contribution is 5.84. The Hall–Kier alpha value is -3.93. The largest absolute Gasteiger partial charge is 0.489 e. The third-order valence-corrected chi connectivity index (χ3v) is 8.86. The molecule has 0 unspecified atom stereocenters. The van der Waals surface area contributed by atoms with Crippen molar-refractivity contribution in [3.63, 3.8) is 0 Å². The van der Waals surface area contributed by atoms with E-state index in [0.29, 0.717) is 18.6 Å². The Kier molecular flexibility index (Phi) is 7.89. The van der Waals surface area contributed by atoms with E-state index < -0.39 is 5.60 Å². The van der Waals surface area contributed by atoms with Gasteiger partial charge in [0, 0.05) is 43.5 Å². The van der Waals surface area contributed by atoms with Crippen molar-refractivity contribution in [1.29, 1.82) is 0 Å². The van der Waals surface area contributed by atoms with Gasteiger partial charge in [-0.25, -0.2) is 4.79 Å². The molecule has 0 N–H and O–H groups in total. The summed E-state index contributed by atoms with van der Waals surface area (Å²) in [5, 5.41) is 0. The lowest BCUT2D eigenvalue weighted by Crippen LogP contribution is -2.49. The molecule has 6 heteroatoms. The summed E-state index contributed by atoms with van der Waals surface area (Å²) < 4.78 is 17.6. The molecule has 2 saturated heterocycles. The van der Waals surface area contributed by atoms with Crippen LogP contribution in [-0.4, -0.2) is 49.4 Å². The number of piperidine rings is 2. The molecule has 1 amide bonds. The van der Waals surface area contributed by atoms with Crippen molar-refractivity contribution < 1.29 is 19.0 Å². The Morgan fingerprint density at radius 1 is 0.881 bits per heavy atom. The van der Waals surface area contributed by atoms with E-state index in [1.54, 1.807) is 0 Å². The van der Waals surface area contributed by atoms with Crippen LogP contribution in [0, 0.1) is 5.41 Å². The highest BCUT2D eigenvalue weighted by atomic mass is 16.6. The van der Waals surface area contributed by atoms with Crippen LogP contribution >= 0.6 is 0 Å². The Labute approximate surface area is 249 Å². The molecular weight excluding hydrogens is 524 g/mol. The fourth-order valence-electron chi connectivity index (χ4n) is 6.35. The number of fused-ring (bicyclic) bond motifs is 1. The van der Waals surface area contributed by atoms with Crippen molar-refractivity contribution in [2.45, 2.75) is 58.7 Å². The Balaban J connectivity index is 1.04. The van der Waals surface area contributed by atoms with Gasteiger partial charge in [0.15, 0.2) is 0 Å². The summed E-state index contributed by atoms with van der Waals surface area (Å²) in [5.41, 5.74) is 5.81. The number of hydrogen-bond acceptors (Lipinski definition) is 5. The maximum absolute atomic E-state index is 12.5. The number of hydrogen-bond donors (Lipinski definition) is 0. The predicted octanol–water partition coefficient (Wildman–Crippen LogP) is 7.71. The van der Waals surface area contributed by atoms with Crippen LogP contribution in [0.1, 0.15) is 63.1 Å². The van der Waals surface area contributed by atoms with E-state index >= 15 is 0 Å². The highest BCUT2D eigenvalue weighted by Gasteiger charge is 2.39. The summed E-state index contributed by atoms with van der Waals surface area (Å²) in [4.78, 5) is 16.9. The van der Waals surface area contributed by atoms with Crippen LogP contribution in [0.3, 0.4) is 0 Å². The van der Waals surface area contributed by atoms with Crippen LogP contribution in [0.4, 0.5) is 10.5 Å². The maximum Gasteiger partial charge on any atom is 0.410 e. The molecule has 3 aromatic rings. The molecule has 0 atom stereocenters. The second-order valence-corrected chi connectivity index (χ2v) is 12.9. The minimum Gasteiger partial charge on any atom is -0.489 e. The van der Waals surface area contributed by atoms with Gasteiger partial charge < -0.3 is 24.0 Å². The first-order chi connectivity index (χ1) is 20.3. The van der Waals surface area contributed by atoms with E-state index in [9.17, 15) is 4.79 Å². The monoisotopic (exact) mass is 566 g/mol. The smallest absolute Gasteiger partial charge is 0.410 e. The van der Waals surface area contributed by atoms with E-state index in [1.165, 1.54) is 29.7 Å². The Bertz CT molecular complexity index is 1410. The molecule has 0 bridgehead atoms. The number of anilines is 1. The summed E-state index contributed by atoms with van der Waals surface area (Å²) in [7, 11) is 0. The van der Waals surface area contributed by atoms with Crippen LogP contribution in [0.25, 0.3) is 5.57 Å². The zero-order valence-corrected chi connectivity index (χ0v) is 25.1. The molecule has 220 valence electrons. The Morgan fingerprint density at radius 2 is 1.57 bits per heavy atom. The average Bonchev–Trinajstić information content (AvgIpc) is 3.00. The number of nitrogens with zero attached hydrogens (tertiary/aromatic N) is 2. The lowest BCUT2D eigenvalue weighted by Gasteiger charge is -2.47. The van der Waals surface area contributed by atoms with E-state index in [0.717, 1.165) is 61.6 Å². The van der Waals surface area contributed by atoms with Gasteiger partial charge in [0.05, 0.1) is 0 Å². The predicted molar refractivity (Wildman–Crippen MR) is 167 cm³/mol. The van der Waals surface area contributed by atoms with Gasteiger partial charge in [0.1, 0.15) is 30.3 Å². The summed E-state index contributed by atoms with van der Waals surface area (Å²) in [6.07, 6.45) is 6.45. The number of likely N-dealkylation sites (tertiary alicyclic amines) is 1. The number of benzene rings is 3. The summed E-state index contributed by atoms with van der Waals surface area (Å²) in [6.45, 7) is 10.6. The second kappa shape index (κ2) is 11.7. The van der Waals surface area contributed by atoms with Crippen LogP contribution in [0.2, 0.25) is 0 Å². The quantitative estimate of drug-likeness (QED) is 0.317. The minimum absolute atomic E-state index is 0.172. The van der Waals surface area contributed by atoms with Gasteiger partial charge in [0.25, 0.3) is 0 Å². The molecule has 1 spiro atoms. The Morgan fingerprint density at radius 3 is 2.26 bits per heavy atom. The standard InChI is InChI=1S/C36H42N2O4/c1-35(2,3)42-34(39)38-22-18-36(19-23-38)16-20-37(21-17-36)29-11-9-28(10-12-29)31-15-24-40-33-25-30(13-14-32(31)33)41-26-27-7-5-4-6-8-27/h4-15,25H,16-24,26H2,1-3H3.